The lowest BCUT2D eigenvalue weighted by atomic mass is 10.0. The largest absolute Gasteiger partial charge is 0.325 e. The molecular weight excluding hydrogens is 289 g/mol. The van der Waals surface area contributed by atoms with Crippen LogP contribution in [0.3, 0.4) is 0 Å². The molecule has 0 bridgehead atoms. The summed E-state index contributed by atoms with van der Waals surface area (Å²) in [4.78, 5) is 6.90. The van der Waals surface area contributed by atoms with Crippen LogP contribution in [-0.4, -0.2) is 34.1 Å². The molecule has 1 unspecified atom stereocenters. The maximum atomic E-state index is 13.7. The van der Waals surface area contributed by atoms with Gasteiger partial charge in [0.15, 0.2) is 0 Å². The molecule has 1 aliphatic rings. The van der Waals surface area contributed by atoms with Gasteiger partial charge in [0.05, 0.1) is 16.9 Å². The highest BCUT2D eigenvalue weighted by Crippen LogP contribution is 2.24. The van der Waals surface area contributed by atoms with Crippen molar-refractivity contribution in [3.05, 3.63) is 29.3 Å². The van der Waals surface area contributed by atoms with Crippen LogP contribution in [0, 0.1) is 12.7 Å². The SMILES string of the molecule is Cc1cc2c(cc1F)nc(CCl)n2CC1CCCCN1C. The van der Waals surface area contributed by atoms with Gasteiger partial charge in [0.1, 0.15) is 11.6 Å². The van der Waals surface area contributed by atoms with Gasteiger partial charge in [-0.15, -0.1) is 11.6 Å². The molecule has 2 aromatic rings. The third kappa shape index (κ3) is 2.79. The predicted octanol–water partition coefficient (Wildman–Crippen LogP) is 3.71. The van der Waals surface area contributed by atoms with Crippen molar-refractivity contribution < 1.29 is 4.39 Å². The van der Waals surface area contributed by atoms with Crippen LogP contribution in [0.5, 0.6) is 0 Å². The summed E-state index contributed by atoms with van der Waals surface area (Å²) in [7, 11) is 2.17. The van der Waals surface area contributed by atoms with Crippen LogP contribution in [0.25, 0.3) is 11.0 Å². The van der Waals surface area contributed by atoms with E-state index in [1.807, 2.05) is 6.07 Å². The number of likely N-dealkylation sites (N-methyl/N-ethyl adjacent to an activating group) is 1. The van der Waals surface area contributed by atoms with E-state index < -0.39 is 0 Å². The third-order valence-electron chi connectivity index (χ3n) is 4.54. The Balaban J connectivity index is 2.01. The standard InChI is InChI=1S/C16H21ClFN3/c1-11-7-15-14(8-13(11)18)19-16(9-17)21(15)10-12-5-3-4-6-20(12)2/h7-8,12H,3-6,9-10H2,1-2H3. The Hall–Kier alpha value is -1.13. The smallest absolute Gasteiger partial charge is 0.128 e. The highest BCUT2D eigenvalue weighted by molar-refractivity contribution is 6.16. The summed E-state index contributed by atoms with van der Waals surface area (Å²) in [5.74, 6) is 0.977. The summed E-state index contributed by atoms with van der Waals surface area (Å²) in [6.07, 6.45) is 3.73. The second kappa shape index (κ2) is 5.93. The average Bonchev–Trinajstić information content (AvgIpc) is 2.79. The first-order valence-electron chi connectivity index (χ1n) is 7.51. The number of imidazole rings is 1. The summed E-state index contributed by atoms with van der Waals surface area (Å²) in [6.45, 7) is 3.81. The molecule has 1 aromatic heterocycles. The Kier molecular flexibility index (Phi) is 4.18. The van der Waals surface area contributed by atoms with E-state index in [1.54, 1.807) is 6.92 Å². The van der Waals surface area contributed by atoms with Gasteiger partial charge in [-0.25, -0.2) is 9.37 Å². The lowest BCUT2D eigenvalue weighted by Gasteiger charge is -2.33. The van der Waals surface area contributed by atoms with Crippen molar-refractivity contribution in [2.45, 2.75) is 44.7 Å². The zero-order valence-corrected chi connectivity index (χ0v) is 13.3. The molecule has 114 valence electrons. The van der Waals surface area contributed by atoms with Gasteiger partial charge in [0, 0.05) is 18.7 Å². The van der Waals surface area contributed by atoms with Crippen molar-refractivity contribution in [3.63, 3.8) is 0 Å². The molecule has 0 aliphatic carbocycles. The Morgan fingerprint density at radius 1 is 1.38 bits per heavy atom. The number of nitrogens with zero attached hydrogens (tertiary/aromatic N) is 3. The van der Waals surface area contributed by atoms with E-state index >= 15 is 0 Å². The number of hydrogen-bond donors (Lipinski definition) is 0. The van der Waals surface area contributed by atoms with Gasteiger partial charge in [0.2, 0.25) is 0 Å². The van der Waals surface area contributed by atoms with Crippen molar-refractivity contribution in [3.8, 4) is 0 Å². The number of hydrogen-bond acceptors (Lipinski definition) is 2. The van der Waals surface area contributed by atoms with Crippen LogP contribution in [-0.2, 0) is 12.4 Å². The summed E-state index contributed by atoms with van der Waals surface area (Å²) in [6, 6.07) is 3.90. The Labute approximate surface area is 129 Å². The highest BCUT2D eigenvalue weighted by atomic mass is 35.5. The summed E-state index contributed by atoms with van der Waals surface area (Å²) < 4.78 is 15.9. The fourth-order valence-corrected chi connectivity index (χ4v) is 3.40. The molecule has 1 aromatic carbocycles. The second-order valence-electron chi connectivity index (χ2n) is 5.99. The van der Waals surface area contributed by atoms with E-state index in [-0.39, 0.29) is 5.82 Å². The molecule has 1 aliphatic heterocycles. The van der Waals surface area contributed by atoms with Crippen LogP contribution in [0.1, 0.15) is 30.7 Å². The first kappa shape index (κ1) is 14.8. The third-order valence-corrected chi connectivity index (χ3v) is 4.78. The minimum Gasteiger partial charge on any atom is -0.325 e. The van der Waals surface area contributed by atoms with Gasteiger partial charge < -0.3 is 9.47 Å². The monoisotopic (exact) mass is 309 g/mol. The van der Waals surface area contributed by atoms with E-state index in [0.717, 1.165) is 24.4 Å². The van der Waals surface area contributed by atoms with Gasteiger partial charge in [0.25, 0.3) is 0 Å². The zero-order chi connectivity index (χ0) is 15.0. The first-order chi connectivity index (χ1) is 10.1. The van der Waals surface area contributed by atoms with Crippen LogP contribution in [0.15, 0.2) is 12.1 Å². The van der Waals surface area contributed by atoms with E-state index in [2.05, 4.69) is 21.5 Å². The lowest BCUT2D eigenvalue weighted by molar-refractivity contribution is 0.168. The van der Waals surface area contributed by atoms with Crippen molar-refractivity contribution in [1.82, 2.24) is 14.5 Å². The van der Waals surface area contributed by atoms with E-state index in [4.69, 9.17) is 11.6 Å². The number of likely N-dealkylation sites (tertiary alicyclic amines) is 1. The van der Waals surface area contributed by atoms with Crippen molar-refractivity contribution >= 4 is 22.6 Å². The molecule has 1 fully saturated rings. The minimum absolute atomic E-state index is 0.206. The highest BCUT2D eigenvalue weighted by Gasteiger charge is 2.22. The fraction of sp³-hybridized carbons (Fsp3) is 0.562. The molecule has 1 atom stereocenters. The molecule has 1 saturated heterocycles. The van der Waals surface area contributed by atoms with Gasteiger partial charge in [-0.3, -0.25) is 0 Å². The Bertz CT molecular complexity index is 652. The van der Waals surface area contributed by atoms with Gasteiger partial charge >= 0.3 is 0 Å². The van der Waals surface area contributed by atoms with Gasteiger partial charge in [-0.1, -0.05) is 6.42 Å². The lowest BCUT2D eigenvalue weighted by Crippen LogP contribution is -2.39. The van der Waals surface area contributed by atoms with Crippen molar-refractivity contribution in [2.24, 2.45) is 0 Å². The molecule has 0 saturated carbocycles. The number of rotatable bonds is 3. The number of aromatic nitrogens is 2. The average molecular weight is 310 g/mol. The molecule has 21 heavy (non-hydrogen) atoms. The van der Waals surface area contributed by atoms with E-state index in [0.29, 0.717) is 23.0 Å². The molecule has 0 amide bonds. The molecular formula is C16H21ClFN3. The van der Waals surface area contributed by atoms with E-state index in [1.165, 1.54) is 25.3 Å². The molecule has 3 rings (SSSR count). The van der Waals surface area contributed by atoms with E-state index in [9.17, 15) is 4.39 Å². The van der Waals surface area contributed by atoms with Crippen LogP contribution >= 0.6 is 11.6 Å². The second-order valence-corrected chi connectivity index (χ2v) is 6.26. The molecule has 2 heterocycles. The summed E-state index contributed by atoms with van der Waals surface area (Å²) in [5.41, 5.74) is 2.34. The molecule has 0 radical (unpaired) electrons. The Morgan fingerprint density at radius 3 is 2.90 bits per heavy atom. The van der Waals surface area contributed by atoms with Crippen molar-refractivity contribution in [1.29, 1.82) is 0 Å². The van der Waals surface area contributed by atoms with Gasteiger partial charge in [-0.05, 0) is 45.0 Å². The molecule has 3 nitrogen and oxygen atoms in total. The normalized spacial score (nSPS) is 20.3. The first-order valence-corrected chi connectivity index (χ1v) is 8.05. The molecule has 5 heteroatoms. The number of halogens is 2. The number of benzene rings is 1. The Morgan fingerprint density at radius 2 is 2.19 bits per heavy atom. The fourth-order valence-electron chi connectivity index (χ4n) is 3.19. The minimum atomic E-state index is -0.206. The van der Waals surface area contributed by atoms with Crippen molar-refractivity contribution in [2.75, 3.05) is 13.6 Å². The predicted molar refractivity (Wildman–Crippen MR) is 84.3 cm³/mol. The maximum Gasteiger partial charge on any atom is 0.128 e. The van der Waals surface area contributed by atoms with Crippen LogP contribution < -0.4 is 0 Å². The zero-order valence-electron chi connectivity index (χ0n) is 12.6. The summed E-state index contributed by atoms with van der Waals surface area (Å²) >= 11 is 6.05. The number of alkyl halides is 1. The number of fused-ring (bicyclic) bond motifs is 1. The molecule has 0 N–H and O–H groups in total. The number of aryl methyl sites for hydroxylation is 1. The number of piperidine rings is 1. The molecule has 0 spiro atoms. The van der Waals surface area contributed by atoms with Crippen LogP contribution in [0.2, 0.25) is 0 Å². The van der Waals surface area contributed by atoms with Crippen LogP contribution in [0.4, 0.5) is 4.39 Å². The maximum absolute atomic E-state index is 13.7. The van der Waals surface area contributed by atoms with Gasteiger partial charge in [-0.2, -0.15) is 0 Å². The topological polar surface area (TPSA) is 21.1 Å². The summed E-state index contributed by atoms with van der Waals surface area (Å²) in [5, 5.41) is 0. The quantitative estimate of drug-likeness (QED) is 0.806.